The van der Waals surface area contributed by atoms with Gasteiger partial charge in [-0.1, -0.05) is 6.07 Å². The molecule has 0 aliphatic carbocycles. The lowest BCUT2D eigenvalue weighted by atomic mass is 10.0. The summed E-state index contributed by atoms with van der Waals surface area (Å²) in [5.41, 5.74) is 1.26. The molecule has 2 atom stereocenters. The lowest BCUT2D eigenvalue weighted by Gasteiger charge is -2.43. The monoisotopic (exact) mass is 373 g/mol. The number of rotatable bonds is 4. The van der Waals surface area contributed by atoms with E-state index in [4.69, 9.17) is 0 Å². The zero-order valence-corrected chi connectivity index (χ0v) is 16.6. The van der Waals surface area contributed by atoms with Gasteiger partial charge in [-0.15, -0.1) is 0 Å². The van der Waals surface area contributed by atoms with Gasteiger partial charge in [-0.05, 0) is 52.1 Å². The van der Waals surface area contributed by atoms with Gasteiger partial charge in [0, 0.05) is 56.1 Å². The first-order valence-electron chi connectivity index (χ1n) is 9.80. The average molecular weight is 374 g/mol. The van der Waals surface area contributed by atoms with Crippen molar-refractivity contribution in [2.75, 3.05) is 52.1 Å². The molecule has 0 saturated carbocycles. The van der Waals surface area contributed by atoms with Gasteiger partial charge >= 0.3 is 6.03 Å². The van der Waals surface area contributed by atoms with Crippen molar-refractivity contribution in [2.24, 2.45) is 0 Å². The molecule has 2 N–H and O–H groups in total. The lowest BCUT2D eigenvalue weighted by molar-refractivity contribution is 0.0634. The van der Waals surface area contributed by atoms with E-state index in [0.29, 0.717) is 23.8 Å². The SMILES string of the molecule is CC1C(CNC(=O)Nc2cccc(C(=O)N3CCCC3)c2)N(C)CCN1C. The van der Waals surface area contributed by atoms with Crippen LogP contribution in [0.25, 0.3) is 0 Å². The average Bonchev–Trinajstić information content (AvgIpc) is 3.19. The van der Waals surface area contributed by atoms with Crippen molar-refractivity contribution in [2.45, 2.75) is 31.8 Å². The number of piperazine rings is 1. The van der Waals surface area contributed by atoms with Crippen LogP contribution in [0.4, 0.5) is 10.5 Å². The Morgan fingerprint density at radius 3 is 2.52 bits per heavy atom. The van der Waals surface area contributed by atoms with E-state index in [9.17, 15) is 9.59 Å². The molecule has 1 aromatic rings. The van der Waals surface area contributed by atoms with Crippen LogP contribution in [0.3, 0.4) is 0 Å². The van der Waals surface area contributed by atoms with E-state index >= 15 is 0 Å². The molecule has 2 fully saturated rings. The number of carbonyl (C=O) groups excluding carboxylic acids is 2. The molecule has 2 aliphatic heterocycles. The molecule has 0 bridgehead atoms. The molecular weight excluding hydrogens is 342 g/mol. The predicted molar refractivity (Wildman–Crippen MR) is 107 cm³/mol. The molecule has 2 heterocycles. The Labute approximate surface area is 161 Å². The maximum absolute atomic E-state index is 12.5. The number of nitrogens with one attached hydrogen (secondary N) is 2. The minimum atomic E-state index is -0.241. The second-order valence-corrected chi connectivity index (χ2v) is 7.68. The molecule has 1 aromatic carbocycles. The largest absolute Gasteiger partial charge is 0.339 e. The molecule has 7 heteroatoms. The summed E-state index contributed by atoms with van der Waals surface area (Å²) in [5, 5.41) is 5.83. The van der Waals surface area contributed by atoms with E-state index in [2.05, 4.69) is 41.5 Å². The van der Waals surface area contributed by atoms with Gasteiger partial charge in [0.2, 0.25) is 0 Å². The first-order chi connectivity index (χ1) is 13.0. The fourth-order valence-electron chi connectivity index (χ4n) is 3.88. The summed E-state index contributed by atoms with van der Waals surface area (Å²) in [6.45, 7) is 6.44. The topological polar surface area (TPSA) is 67.9 Å². The molecule has 0 spiro atoms. The van der Waals surface area contributed by atoms with E-state index < -0.39 is 0 Å². The summed E-state index contributed by atoms with van der Waals surface area (Å²) in [5.74, 6) is 0.0391. The van der Waals surface area contributed by atoms with Crippen LogP contribution in [0.1, 0.15) is 30.1 Å². The van der Waals surface area contributed by atoms with Crippen molar-refractivity contribution in [3.05, 3.63) is 29.8 Å². The first kappa shape index (κ1) is 19.6. The van der Waals surface area contributed by atoms with Gasteiger partial charge in [-0.25, -0.2) is 4.79 Å². The van der Waals surface area contributed by atoms with E-state index in [1.807, 2.05) is 17.0 Å². The van der Waals surface area contributed by atoms with E-state index in [0.717, 1.165) is 39.0 Å². The highest BCUT2D eigenvalue weighted by Gasteiger charge is 2.29. The number of benzene rings is 1. The molecule has 7 nitrogen and oxygen atoms in total. The molecule has 3 rings (SSSR count). The standard InChI is InChI=1S/C20H31N5O2/c1-15-18(24(3)12-11-23(15)2)14-21-20(27)22-17-8-6-7-16(13-17)19(26)25-9-4-5-10-25/h6-8,13,15,18H,4-5,9-12,14H2,1-3H3,(H2,21,22,27). The summed E-state index contributed by atoms with van der Waals surface area (Å²) in [6.07, 6.45) is 2.13. The predicted octanol–water partition coefficient (Wildman–Crippen LogP) is 1.68. The zero-order chi connectivity index (χ0) is 19.4. The Kier molecular flexibility index (Phi) is 6.34. The Bertz CT molecular complexity index is 674. The third-order valence-corrected chi connectivity index (χ3v) is 5.86. The van der Waals surface area contributed by atoms with E-state index in [1.54, 1.807) is 12.1 Å². The van der Waals surface area contributed by atoms with Crippen LogP contribution in [0.5, 0.6) is 0 Å². The Balaban J connectivity index is 1.54. The van der Waals surface area contributed by atoms with E-state index in [-0.39, 0.29) is 18.0 Å². The molecule has 3 amide bonds. The van der Waals surface area contributed by atoms with Gasteiger partial charge in [-0.3, -0.25) is 9.69 Å². The highest BCUT2D eigenvalue weighted by molar-refractivity contribution is 5.97. The number of hydrogen-bond donors (Lipinski definition) is 2. The number of amides is 3. The highest BCUT2D eigenvalue weighted by atomic mass is 16.2. The fraction of sp³-hybridized carbons (Fsp3) is 0.600. The zero-order valence-electron chi connectivity index (χ0n) is 16.6. The van der Waals surface area contributed by atoms with Gasteiger partial charge in [0.25, 0.3) is 5.91 Å². The Morgan fingerprint density at radius 2 is 1.78 bits per heavy atom. The third-order valence-electron chi connectivity index (χ3n) is 5.86. The molecule has 2 saturated heterocycles. The molecule has 27 heavy (non-hydrogen) atoms. The normalized spacial score (nSPS) is 24.0. The number of hydrogen-bond acceptors (Lipinski definition) is 4. The number of urea groups is 1. The first-order valence-corrected chi connectivity index (χ1v) is 9.80. The molecule has 2 aliphatic rings. The lowest BCUT2D eigenvalue weighted by Crippen LogP contribution is -2.59. The minimum Gasteiger partial charge on any atom is -0.339 e. The van der Waals surface area contributed by atoms with Crippen LogP contribution < -0.4 is 10.6 Å². The second-order valence-electron chi connectivity index (χ2n) is 7.68. The molecular formula is C20H31N5O2. The number of carbonyl (C=O) groups is 2. The number of likely N-dealkylation sites (N-methyl/N-ethyl adjacent to an activating group) is 2. The van der Waals surface area contributed by atoms with Crippen molar-refractivity contribution < 1.29 is 9.59 Å². The smallest absolute Gasteiger partial charge is 0.319 e. The molecule has 0 aromatic heterocycles. The minimum absolute atomic E-state index is 0.0391. The van der Waals surface area contributed by atoms with Crippen LogP contribution in [0, 0.1) is 0 Å². The maximum Gasteiger partial charge on any atom is 0.319 e. The number of nitrogens with zero attached hydrogens (tertiary/aromatic N) is 3. The summed E-state index contributed by atoms with van der Waals surface area (Å²) in [6, 6.07) is 7.59. The second kappa shape index (κ2) is 8.71. The highest BCUT2D eigenvalue weighted by Crippen LogP contribution is 2.17. The third kappa shape index (κ3) is 4.78. The fourth-order valence-corrected chi connectivity index (χ4v) is 3.88. The number of likely N-dealkylation sites (tertiary alicyclic amines) is 1. The van der Waals surface area contributed by atoms with Crippen molar-refractivity contribution in [1.82, 2.24) is 20.0 Å². The summed E-state index contributed by atoms with van der Waals surface area (Å²) < 4.78 is 0. The summed E-state index contributed by atoms with van der Waals surface area (Å²) >= 11 is 0. The quantitative estimate of drug-likeness (QED) is 0.843. The van der Waals surface area contributed by atoms with Crippen molar-refractivity contribution in [1.29, 1.82) is 0 Å². The van der Waals surface area contributed by atoms with Gasteiger partial charge in [-0.2, -0.15) is 0 Å². The van der Waals surface area contributed by atoms with Crippen LogP contribution >= 0.6 is 0 Å². The van der Waals surface area contributed by atoms with Gasteiger partial charge in [0.05, 0.1) is 0 Å². The van der Waals surface area contributed by atoms with Crippen molar-refractivity contribution in [3.8, 4) is 0 Å². The molecule has 148 valence electrons. The van der Waals surface area contributed by atoms with Crippen LogP contribution in [-0.4, -0.2) is 85.5 Å². The van der Waals surface area contributed by atoms with Crippen LogP contribution in [0.15, 0.2) is 24.3 Å². The summed E-state index contributed by atoms with van der Waals surface area (Å²) in [7, 11) is 4.22. The van der Waals surface area contributed by atoms with Crippen LogP contribution in [0.2, 0.25) is 0 Å². The summed E-state index contributed by atoms with van der Waals surface area (Å²) in [4.78, 5) is 31.3. The van der Waals surface area contributed by atoms with Crippen molar-refractivity contribution in [3.63, 3.8) is 0 Å². The van der Waals surface area contributed by atoms with E-state index in [1.165, 1.54) is 0 Å². The Hall–Kier alpha value is -2.12. The van der Waals surface area contributed by atoms with Gasteiger partial charge in [0.15, 0.2) is 0 Å². The molecule has 2 unspecified atom stereocenters. The van der Waals surface area contributed by atoms with Gasteiger partial charge < -0.3 is 20.4 Å². The Morgan fingerprint density at radius 1 is 1.07 bits per heavy atom. The number of anilines is 1. The van der Waals surface area contributed by atoms with Crippen LogP contribution in [-0.2, 0) is 0 Å². The van der Waals surface area contributed by atoms with Gasteiger partial charge in [0.1, 0.15) is 0 Å². The van der Waals surface area contributed by atoms with Crippen molar-refractivity contribution >= 4 is 17.6 Å². The molecule has 0 radical (unpaired) electrons. The maximum atomic E-state index is 12.5.